The lowest BCUT2D eigenvalue weighted by atomic mass is 10.1. The van der Waals surface area contributed by atoms with Gasteiger partial charge in [0.05, 0.1) is 0 Å². The topological polar surface area (TPSA) is 55.1 Å². The van der Waals surface area contributed by atoms with Gasteiger partial charge in [-0.2, -0.15) is 0 Å². The van der Waals surface area contributed by atoms with Crippen molar-refractivity contribution in [2.45, 2.75) is 31.2 Å². The average Bonchev–Trinajstić information content (AvgIpc) is 3.26. The van der Waals surface area contributed by atoms with E-state index in [4.69, 9.17) is 28.9 Å². The van der Waals surface area contributed by atoms with Crippen LogP contribution in [0, 0.1) is 11.8 Å². The van der Waals surface area contributed by atoms with E-state index in [1.165, 1.54) is 12.8 Å². The molecule has 2 saturated carbocycles. The van der Waals surface area contributed by atoms with Crippen molar-refractivity contribution < 1.29 is 4.79 Å². The Hall–Kier alpha value is -0.770. The number of halogens is 2. The predicted molar refractivity (Wildman–Crippen MR) is 81.0 cm³/mol. The molecule has 2 fully saturated rings. The standard InChI is InChI=1S/C15H18Cl2N2O/c16-9-3-4-10(13(17)5-9)11-6-12(11)15(20)19-14(7-18)8-1-2-8/h3-5,8,11-12,14H,1-2,6-7,18H2,(H,19,20). The van der Waals surface area contributed by atoms with E-state index in [9.17, 15) is 4.79 Å². The van der Waals surface area contributed by atoms with E-state index in [1.807, 2.05) is 12.1 Å². The molecule has 2 aliphatic carbocycles. The minimum Gasteiger partial charge on any atom is -0.352 e. The first-order valence-corrected chi connectivity index (χ1v) is 7.81. The van der Waals surface area contributed by atoms with E-state index in [1.54, 1.807) is 6.07 Å². The first-order valence-electron chi connectivity index (χ1n) is 7.05. The minimum atomic E-state index is 0.0291. The van der Waals surface area contributed by atoms with E-state index in [-0.39, 0.29) is 23.8 Å². The molecule has 1 amide bonds. The zero-order valence-corrected chi connectivity index (χ0v) is 12.6. The number of carbonyl (C=O) groups excluding carboxylic acids is 1. The van der Waals surface area contributed by atoms with Crippen LogP contribution >= 0.6 is 23.2 Å². The molecule has 3 unspecified atom stereocenters. The second kappa shape index (κ2) is 5.55. The second-order valence-electron chi connectivity index (χ2n) is 5.80. The number of benzene rings is 1. The quantitative estimate of drug-likeness (QED) is 0.878. The molecule has 3 nitrogen and oxygen atoms in total. The summed E-state index contributed by atoms with van der Waals surface area (Å²) in [5.41, 5.74) is 6.74. The van der Waals surface area contributed by atoms with Gasteiger partial charge in [-0.25, -0.2) is 0 Å². The van der Waals surface area contributed by atoms with Gasteiger partial charge in [-0.05, 0) is 48.8 Å². The largest absolute Gasteiger partial charge is 0.352 e. The Morgan fingerprint density at radius 2 is 2.15 bits per heavy atom. The summed E-state index contributed by atoms with van der Waals surface area (Å²) in [5.74, 6) is 0.947. The van der Waals surface area contributed by atoms with Crippen LogP contribution in [-0.2, 0) is 4.79 Å². The number of rotatable bonds is 5. The summed E-state index contributed by atoms with van der Waals surface area (Å²) in [6.07, 6.45) is 3.22. The maximum atomic E-state index is 12.2. The van der Waals surface area contributed by atoms with Gasteiger partial charge in [-0.3, -0.25) is 4.79 Å². The van der Waals surface area contributed by atoms with E-state index in [0.29, 0.717) is 22.5 Å². The van der Waals surface area contributed by atoms with Gasteiger partial charge in [0.1, 0.15) is 0 Å². The van der Waals surface area contributed by atoms with Gasteiger partial charge in [-0.1, -0.05) is 29.3 Å². The molecule has 0 saturated heterocycles. The van der Waals surface area contributed by atoms with Gasteiger partial charge in [0.15, 0.2) is 0 Å². The Bertz CT molecular complexity index is 531. The molecular formula is C15H18Cl2N2O. The molecule has 5 heteroatoms. The third kappa shape index (κ3) is 2.95. The Balaban J connectivity index is 1.61. The van der Waals surface area contributed by atoms with Crippen molar-refractivity contribution in [2.24, 2.45) is 17.6 Å². The fraction of sp³-hybridized carbons (Fsp3) is 0.533. The van der Waals surface area contributed by atoms with Crippen LogP contribution < -0.4 is 11.1 Å². The summed E-state index contributed by atoms with van der Waals surface area (Å²) in [6, 6.07) is 5.62. The highest BCUT2D eigenvalue weighted by atomic mass is 35.5. The molecular weight excluding hydrogens is 295 g/mol. The van der Waals surface area contributed by atoms with Crippen LogP contribution in [0.1, 0.15) is 30.7 Å². The number of carbonyl (C=O) groups is 1. The maximum Gasteiger partial charge on any atom is 0.224 e. The summed E-state index contributed by atoms with van der Waals surface area (Å²) >= 11 is 12.1. The van der Waals surface area contributed by atoms with E-state index in [2.05, 4.69) is 5.32 Å². The highest BCUT2D eigenvalue weighted by Gasteiger charge is 2.46. The van der Waals surface area contributed by atoms with E-state index in [0.717, 1.165) is 12.0 Å². The zero-order valence-electron chi connectivity index (χ0n) is 11.1. The van der Waals surface area contributed by atoms with Gasteiger partial charge >= 0.3 is 0 Å². The van der Waals surface area contributed by atoms with Crippen LogP contribution in [0.2, 0.25) is 10.0 Å². The summed E-state index contributed by atoms with van der Waals surface area (Å²) in [7, 11) is 0. The monoisotopic (exact) mass is 312 g/mol. The Morgan fingerprint density at radius 1 is 1.40 bits per heavy atom. The molecule has 20 heavy (non-hydrogen) atoms. The van der Waals surface area contributed by atoms with Gasteiger partial charge < -0.3 is 11.1 Å². The molecule has 1 aromatic rings. The van der Waals surface area contributed by atoms with Crippen molar-refractivity contribution in [3.63, 3.8) is 0 Å². The van der Waals surface area contributed by atoms with E-state index >= 15 is 0 Å². The molecule has 3 atom stereocenters. The number of nitrogens with two attached hydrogens (primary N) is 1. The van der Waals surface area contributed by atoms with Crippen molar-refractivity contribution in [3.8, 4) is 0 Å². The Labute approximate surface area is 128 Å². The van der Waals surface area contributed by atoms with Crippen molar-refractivity contribution in [2.75, 3.05) is 6.54 Å². The van der Waals surface area contributed by atoms with Gasteiger partial charge in [0.2, 0.25) is 5.91 Å². The fourth-order valence-electron chi connectivity index (χ4n) is 2.79. The summed E-state index contributed by atoms with van der Waals surface area (Å²) in [5, 5.41) is 4.36. The van der Waals surface area contributed by atoms with Crippen LogP contribution in [0.15, 0.2) is 18.2 Å². The maximum absolute atomic E-state index is 12.2. The average molecular weight is 313 g/mol. The zero-order chi connectivity index (χ0) is 14.3. The van der Waals surface area contributed by atoms with Crippen LogP contribution in [0.5, 0.6) is 0 Å². The third-order valence-electron chi connectivity index (χ3n) is 4.26. The number of hydrogen-bond donors (Lipinski definition) is 2. The molecule has 0 aliphatic heterocycles. The van der Waals surface area contributed by atoms with Gasteiger partial charge in [0.25, 0.3) is 0 Å². The lowest BCUT2D eigenvalue weighted by Gasteiger charge is -2.16. The normalized spacial score (nSPS) is 26.1. The number of nitrogens with one attached hydrogen (secondary N) is 1. The molecule has 0 aromatic heterocycles. The van der Waals surface area contributed by atoms with Crippen molar-refractivity contribution >= 4 is 29.1 Å². The lowest BCUT2D eigenvalue weighted by molar-refractivity contribution is -0.123. The molecule has 0 spiro atoms. The van der Waals surface area contributed by atoms with Crippen molar-refractivity contribution in [1.82, 2.24) is 5.32 Å². The van der Waals surface area contributed by atoms with Crippen LogP contribution in [0.25, 0.3) is 0 Å². The fourth-order valence-corrected chi connectivity index (χ4v) is 3.34. The van der Waals surface area contributed by atoms with Crippen LogP contribution in [-0.4, -0.2) is 18.5 Å². The molecule has 2 aliphatic rings. The highest BCUT2D eigenvalue weighted by molar-refractivity contribution is 6.35. The first kappa shape index (κ1) is 14.2. The molecule has 3 N–H and O–H groups in total. The molecule has 1 aromatic carbocycles. The predicted octanol–water partition coefficient (Wildman–Crippen LogP) is 2.95. The Morgan fingerprint density at radius 3 is 2.75 bits per heavy atom. The van der Waals surface area contributed by atoms with Gasteiger partial charge in [0, 0.05) is 28.5 Å². The van der Waals surface area contributed by atoms with Gasteiger partial charge in [-0.15, -0.1) is 0 Å². The Kier molecular flexibility index (Phi) is 3.93. The smallest absolute Gasteiger partial charge is 0.224 e. The molecule has 0 heterocycles. The van der Waals surface area contributed by atoms with E-state index < -0.39 is 0 Å². The van der Waals surface area contributed by atoms with Crippen LogP contribution in [0.3, 0.4) is 0 Å². The summed E-state index contributed by atoms with van der Waals surface area (Å²) in [6.45, 7) is 0.523. The van der Waals surface area contributed by atoms with Crippen LogP contribution in [0.4, 0.5) is 0 Å². The number of amides is 1. The molecule has 108 valence electrons. The minimum absolute atomic E-state index is 0.0291. The van der Waals surface area contributed by atoms with Crippen molar-refractivity contribution in [3.05, 3.63) is 33.8 Å². The SMILES string of the molecule is NCC(NC(=O)C1CC1c1ccc(Cl)cc1Cl)C1CC1. The first-order chi connectivity index (χ1) is 9.60. The molecule has 0 radical (unpaired) electrons. The summed E-state index contributed by atoms with van der Waals surface area (Å²) < 4.78 is 0. The summed E-state index contributed by atoms with van der Waals surface area (Å²) in [4.78, 5) is 12.2. The van der Waals surface area contributed by atoms with Crippen molar-refractivity contribution in [1.29, 1.82) is 0 Å². The lowest BCUT2D eigenvalue weighted by Crippen LogP contribution is -2.42. The molecule has 3 rings (SSSR count). The second-order valence-corrected chi connectivity index (χ2v) is 6.65. The number of hydrogen-bond acceptors (Lipinski definition) is 2. The third-order valence-corrected chi connectivity index (χ3v) is 4.82. The highest BCUT2D eigenvalue weighted by Crippen LogP contribution is 2.50. The molecule has 0 bridgehead atoms.